The summed E-state index contributed by atoms with van der Waals surface area (Å²) >= 11 is 1.73. The number of methoxy groups -OCH3 is 1. The number of carbonyl (C=O) groups is 1. The van der Waals surface area contributed by atoms with Crippen molar-refractivity contribution in [3.05, 3.63) is 45.9 Å². The van der Waals surface area contributed by atoms with Gasteiger partial charge in [-0.15, -0.1) is 11.3 Å². The molecule has 5 nitrogen and oxygen atoms in total. The first-order valence-corrected chi connectivity index (χ1v) is 9.10. The molecule has 3 rings (SSSR count). The second-order valence-corrected chi connectivity index (χ2v) is 6.88. The highest BCUT2D eigenvalue weighted by molar-refractivity contribution is 7.09. The van der Waals surface area contributed by atoms with E-state index in [1.807, 2.05) is 34.7 Å². The van der Waals surface area contributed by atoms with Crippen LogP contribution in [0.2, 0.25) is 0 Å². The molecular weight excluding hydrogens is 322 g/mol. The second-order valence-electron chi connectivity index (χ2n) is 5.95. The molecule has 1 amide bonds. The Morgan fingerprint density at radius 2 is 2.00 bits per heavy atom. The Bertz CT molecular complexity index is 693. The van der Waals surface area contributed by atoms with Crippen LogP contribution in [0, 0.1) is 6.92 Å². The first kappa shape index (κ1) is 16.9. The van der Waals surface area contributed by atoms with Gasteiger partial charge in [-0.05, 0) is 25.5 Å². The third-order valence-electron chi connectivity index (χ3n) is 4.50. The lowest BCUT2D eigenvalue weighted by molar-refractivity contribution is 0.0635. The van der Waals surface area contributed by atoms with Gasteiger partial charge >= 0.3 is 0 Å². The van der Waals surface area contributed by atoms with Gasteiger partial charge in [0.05, 0.1) is 23.9 Å². The number of aromatic nitrogens is 1. The van der Waals surface area contributed by atoms with Crippen LogP contribution in [0.5, 0.6) is 5.75 Å². The standard InChI is InChI=1S/C18H23N3O2S/c1-14-17(24-13-19-14)7-8-20-9-11-21(12-10-20)18(22)15-5-3-4-6-16(15)23-2/h3-6,13H,7-12H2,1-2H3. The number of nitrogens with zero attached hydrogens (tertiary/aromatic N) is 3. The van der Waals surface area contributed by atoms with E-state index in [0.29, 0.717) is 11.3 Å². The van der Waals surface area contributed by atoms with Crippen molar-refractivity contribution in [2.45, 2.75) is 13.3 Å². The van der Waals surface area contributed by atoms with Crippen LogP contribution in [0.4, 0.5) is 0 Å². The van der Waals surface area contributed by atoms with Crippen LogP contribution in [0.25, 0.3) is 0 Å². The van der Waals surface area contributed by atoms with Gasteiger partial charge in [0.15, 0.2) is 0 Å². The zero-order chi connectivity index (χ0) is 16.9. The smallest absolute Gasteiger partial charge is 0.257 e. The monoisotopic (exact) mass is 345 g/mol. The largest absolute Gasteiger partial charge is 0.496 e. The molecule has 0 radical (unpaired) electrons. The summed E-state index contributed by atoms with van der Waals surface area (Å²) < 4.78 is 5.31. The molecule has 2 aromatic rings. The quantitative estimate of drug-likeness (QED) is 0.835. The van der Waals surface area contributed by atoms with Gasteiger partial charge in [-0.1, -0.05) is 12.1 Å². The van der Waals surface area contributed by atoms with Crippen LogP contribution in [0.15, 0.2) is 29.8 Å². The lowest BCUT2D eigenvalue weighted by Crippen LogP contribution is -2.49. The van der Waals surface area contributed by atoms with Crippen LogP contribution < -0.4 is 4.74 Å². The minimum atomic E-state index is 0.0606. The van der Waals surface area contributed by atoms with Crippen molar-refractivity contribution in [2.75, 3.05) is 39.8 Å². The highest BCUT2D eigenvalue weighted by atomic mass is 32.1. The molecule has 0 aliphatic carbocycles. The summed E-state index contributed by atoms with van der Waals surface area (Å²) in [6.45, 7) is 6.45. The van der Waals surface area contributed by atoms with E-state index in [2.05, 4.69) is 16.8 Å². The maximum absolute atomic E-state index is 12.7. The lowest BCUT2D eigenvalue weighted by Gasteiger charge is -2.34. The number of aryl methyl sites for hydroxylation is 1. The number of piperazine rings is 1. The first-order chi connectivity index (χ1) is 11.7. The van der Waals surface area contributed by atoms with Gasteiger partial charge in [-0.2, -0.15) is 0 Å². The Kier molecular flexibility index (Phi) is 5.48. The molecule has 0 atom stereocenters. The molecule has 1 fully saturated rings. The lowest BCUT2D eigenvalue weighted by atomic mass is 10.1. The molecule has 1 aromatic heterocycles. The fourth-order valence-electron chi connectivity index (χ4n) is 2.99. The molecule has 24 heavy (non-hydrogen) atoms. The van der Waals surface area contributed by atoms with E-state index in [-0.39, 0.29) is 5.91 Å². The Morgan fingerprint density at radius 1 is 1.25 bits per heavy atom. The first-order valence-electron chi connectivity index (χ1n) is 8.22. The zero-order valence-corrected chi connectivity index (χ0v) is 15.0. The maximum Gasteiger partial charge on any atom is 0.257 e. The highest BCUT2D eigenvalue weighted by Gasteiger charge is 2.24. The van der Waals surface area contributed by atoms with E-state index in [4.69, 9.17) is 4.74 Å². The summed E-state index contributed by atoms with van der Waals surface area (Å²) in [6.07, 6.45) is 1.04. The number of carbonyl (C=O) groups excluding carboxylic acids is 1. The Morgan fingerprint density at radius 3 is 2.67 bits per heavy atom. The molecule has 1 aromatic carbocycles. The van der Waals surface area contributed by atoms with E-state index < -0.39 is 0 Å². The normalized spacial score (nSPS) is 15.5. The summed E-state index contributed by atoms with van der Waals surface area (Å²) in [6, 6.07) is 7.43. The van der Waals surface area contributed by atoms with Crippen molar-refractivity contribution in [3.63, 3.8) is 0 Å². The zero-order valence-electron chi connectivity index (χ0n) is 14.2. The predicted molar refractivity (Wildman–Crippen MR) is 95.9 cm³/mol. The van der Waals surface area contributed by atoms with E-state index in [1.165, 1.54) is 4.88 Å². The van der Waals surface area contributed by atoms with Gasteiger partial charge in [0, 0.05) is 37.6 Å². The highest BCUT2D eigenvalue weighted by Crippen LogP contribution is 2.20. The van der Waals surface area contributed by atoms with Crippen molar-refractivity contribution >= 4 is 17.2 Å². The number of hydrogen-bond donors (Lipinski definition) is 0. The second kappa shape index (κ2) is 7.77. The molecule has 0 N–H and O–H groups in total. The van der Waals surface area contributed by atoms with Crippen LogP contribution >= 0.6 is 11.3 Å². The summed E-state index contributed by atoms with van der Waals surface area (Å²) in [4.78, 5) is 22.7. The van der Waals surface area contributed by atoms with Crippen LogP contribution in [-0.2, 0) is 6.42 Å². The fraction of sp³-hybridized carbons (Fsp3) is 0.444. The maximum atomic E-state index is 12.7. The minimum Gasteiger partial charge on any atom is -0.496 e. The topological polar surface area (TPSA) is 45.7 Å². The fourth-order valence-corrected chi connectivity index (χ4v) is 3.76. The molecule has 128 valence electrons. The summed E-state index contributed by atoms with van der Waals surface area (Å²) in [5, 5.41) is 0. The SMILES string of the molecule is COc1ccccc1C(=O)N1CCN(CCc2scnc2C)CC1. The van der Waals surface area contributed by atoms with Crippen molar-refractivity contribution in [3.8, 4) is 5.75 Å². The van der Waals surface area contributed by atoms with Gasteiger partial charge in [-0.25, -0.2) is 4.98 Å². The number of benzene rings is 1. The Balaban J connectivity index is 1.53. The number of rotatable bonds is 5. The van der Waals surface area contributed by atoms with Gasteiger partial charge in [0.25, 0.3) is 5.91 Å². The number of ether oxygens (including phenoxy) is 1. The van der Waals surface area contributed by atoms with Crippen LogP contribution in [0.1, 0.15) is 20.9 Å². The summed E-state index contributed by atoms with van der Waals surface area (Å²) in [7, 11) is 1.60. The minimum absolute atomic E-state index is 0.0606. The van der Waals surface area contributed by atoms with Crippen molar-refractivity contribution in [2.24, 2.45) is 0 Å². The number of para-hydroxylation sites is 1. The number of thiazole rings is 1. The van der Waals surface area contributed by atoms with Gasteiger partial charge in [0.1, 0.15) is 5.75 Å². The molecule has 1 saturated heterocycles. The van der Waals surface area contributed by atoms with E-state index >= 15 is 0 Å². The van der Waals surface area contributed by atoms with Crippen LogP contribution in [-0.4, -0.2) is 60.5 Å². The Labute approximate surface area is 146 Å². The van der Waals surface area contributed by atoms with E-state index in [0.717, 1.165) is 44.8 Å². The van der Waals surface area contributed by atoms with Gasteiger partial charge < -0.3 is 9.64 Å². The van der Waals surface area contributed by atoms with Gasteiger partial charge in [-0.3, -0.25) is 9.69 Å². The molecule has 0 spiro atoms. The molecular formula is C18H23N3O2S. The van der Waals surface area contributed by atoms with Crippen LogP contribution in [0.3, 0.4) is 0 Å². The van der Waals surface area contributed by atoms with Crippen molar-refractivity contribution in [1.29, 1.82) is 0 Å². The summed E-state index contributed by atoms with van der Waals surface area (Å²) in [5.74, 6) is 0.705. The predicted octanol–water partition coefficient (Wildman–Crippen LogP) is 2.46. The molecule has 0 unspecified atom stereocenters. The molecule has 1 aliphatic heterocycles. The molecule has 1 aliphatic rings. The summed E-state index contributed by atoms with van der Waals surface area (Å²) in [5.41, 5.74) is 3.70. The molecule has 2 heterocycles. The third kappa shape index (κ3) is 3.76. The average Bonchev–Trinajstić information content (AvgIpc) is 3.04. The average molecular weight is 345 g/mol. The molecule has 0 bridgehead atoms. The van der Waals surface area contributed by atoms with E-state index in [1.54, 1.807) is 18.4 Å². The third-order valence-corrected chi connectivity index (χ3v) is 5.49. The molecule has 0 saturated carbocycles. The molecule has 6 heteroatoms. The number of amides is 1. The number of hydrogen-bond acceptors (Lipinski definition) is 5. The van der Waals surface area contributed by atoms with E-state index in [9.17, 15) is 4.79 Å². The van der Waals surface area contributed by atoms with Crippen molar-refractivity contribution < 1.29 is 9.53 Å². The van der Waals surface area contributed by atoms with Crippen molar-refractivity contribution in [1.82, 2.24) is 14.8 Å². The Hall–Kier alpha value is -1.92. The van der Waals surface area contributed by atoms with Gasteiger partial charge in [0.2, 0.25) is 0 Å².